The second-order valence-corrected chi connectivity index (χ2v) is 4.74. The van der Waals surface area contributed by atoms with Gasteiger partial charge < -0.3 is 15.2 Å². The van der Waals surface area contributed by atoms with Crippen LogP contribution in [0.2, 0.25) is 0 Å². The summed E-state index contributed by atoms with van der Waals surface area (Å²) in [5, 5.41) is 12.1. The van der Waals surface area contributed by atoms with Crippen LogP contribution in [-0.2, 0) is 0 Å². The molecule has 0 amide bonds. The zero-order valence-electron chi connectivity index (χ0n) is 11.2. The van der Waals surface area contributed by atoms with Crippen LogP contribution in [0.15, 0.2) is 30.7 Å². The van der Waals surface area contributed by atoms with Crippen molar-refractivity contribution in [1.29, 1.82) is 5.26 Å². The molecule has 2 aromatic rings. The van der Waals surface area contributed by atoms with Crippen molar-refractivity contribution in [1.82, 2.24) is 15.0 Å². The van der Waals surface area contributed by atoms with Gasteiger partial charge in [0.05, 0.1) is 6.07 Å². The first kappa shape index (κ1) is 12.9. The van der Waals surface area contributed by atoms with Gasteiger partial charge in [-0.1, -0.05) is 0 Å². The summed E-state index contributed by atoms with van der Waals surface area (Å²) in [6.07, 6.45) is 3.33. The smallest absolute Gasteiger partial charge is 0.139 e. The van der Waals surface area contributed by atoms with Gasteiger partial charge in [0.15, 0.2) is 0 Å². The molecule has 6 heteroatoms. The number of aromatic nitrogens is 3. The van der Waals surface area contributed by atoms with Gasteiger partial charge in [-0.25, -0.2) is 9.97 Å². The molecule has 0 aliphatic heterocycles. The number of nitrogens with one attached hydrogen (secondary N) is 2. The van der Waals surface area contributed by atoms with E-state index in [1.54, 1.807) is 19.9 Å². The normalized spacial score (nSPS) is 10.8. The zero-order valence-corrected chi connectivity index (χ0v) is 11.2. The molecule has 6 nitrogen and oxygen atoms in total. The second kappa shape index (κ2) is 4.98. The Morgan fingerprint density at radius 1 is 1.42 bits per heavy atom. The van der Waals surface area contributed by atoms with Gasteiger partial charge >= 0.3 is 0 Å². The minimum atomic E-state index is -0.670. The predicted molar refractivity (Wildman–Crippen MR) is 74.2 cm³/mol. The van der Waals surface area contributed by atoms with Crippen molar-refractivity contribution in [2.45, 2.75) is 19.4 Å². The van der Waals surface area contributed by atoms with Crippen LogP contribution in [0, 0.1) is 11.3 Å². The molecule has 0 fully saturated rings. The van der Waals surface area contributed by atoms with E-state index in [1.165, 1.54) is 6.33 Å². The number of nitrogens with zero attached hydrogens (tertiary/aromatic N) is 4. The van der Waals surface area contributed by atoms with E-state index < -0.39 is 5.54 Å². The zero-order chi connectivity index (χ0) is 13.9. The molecule has 0 saturated heterocycles. The Bertz CT molecular complexity index is 581. The molecular formula is C13H16N6. The van der Waals surface area contributed by atoms with Gasteiger partial charge in [0.25, 0.3) is 0 Å². The van der Waals surface area contributed by atoms with Crippen molar-refractivity contribution in [3.8, 4) is 6.07 Å². The minimum Gasteiger partial charge on any atom is -0.352 e. The molecule has 0 saturated carbocycles. The van der Waals surface area contributed by atoms with Gasteiger partial charge in [-0.2, -0.15) is 5.26 Å². The Hall–Kier alpha value is -2.55. The van der Waals surface area contributed by atoms with Gasteiger partial charge in [-0.3, -0.25) is 0 Å². The lowest BCUT2D eigenvalue weighted by Crippen LogP contribution is -2.29. The summed E-state index contributed by atoms with van der Waals surface area (Å²) >= 11 is 0. The first-order valence-electron chi connectivity index (χ1n) is 5.90. The molecule has 2 aromatic heterocycles. The van der Waals surface area contributed by atoms with Gasteiger partial charge in [-0.05, 0) is 26.0 Å². The third-order valence-electron chi connectivity index (χ3n) is 2.66. The Balaban J connectivity index is 2.23. The Labute approximate surface area is 112 Å². The quantitative estimate of drug-likeness (QED) is 0.877. The third-order valence-corrected chi connectivity index (χ3v) is 2.66. The summed E-state index contributed by atoms with van der Waals surface area (Å²) in [6, 6.07) is 7.85. The molecule has 0 spiro atoms. The molecule has 2 N–H and O–H groups in total. The number of aromatic amines is 1. The van der Waals surface area contributed by atoms with Crippen LogP contribution in [0.3, 0.4) is 0 Å². The van der Waals surface area contributed by atoms with Crippen molar-refractivity contribution < 1.29 is 0 Å². The summed E-state index contributed by atoms with van der Waals surface area (Å²) in [5.41, 5.74) is -0.670. The fourth-order valence-electron chi connectivity index (χ4n) is 1.60. The Morgan fingerprint density at radius 2 is 2.21 bits per heavy atom. The number of anilines is 3. The molecule has 0 radical (unpaired) electrons. The molecule has 0 aromatic carbocycles. The topological polar surface area (TPSA) is 80.6 Å². The lowest BCUT2D eigenvalue weighted by atomic mass is 10.1. The molecule has 19 heavy (non-hydrogen) atoms. The first-order valence-corrected chi connectivity index (χ1v) is 5.90. The van der Waals surface area contributed by atoms with E-state index in [9.17, 15) is 0 Å². The van der Waals surface area contributed by atoms with Crippen LogP contribution in [0.25, 0.3) is 0 Å². The van der Waals surface area contributed by atoms with Crippen molar-refractivity contribution in [3.05, 3.63) is 30.7 Å². The fourth-order valence-corrected chi connectivity index (χ4v) is 1.60. The maximum atomic E-state index is 9.01. The standard InChI is InChI=1S/C13H16N6/c1-13(2,8-14)18-10-7-12(17-9-16-10)19(3)11-5-4-6-15-11/h4-7,9,15H,1-3H3,(H,16,17,18). The lowest BCUT2D eigenvalue weighted by molar-refractivity contribution is 0.722. The fraction of sp³-hybridized carbons (Fsp3) is 0.308. The summed E-state index contributed by atoms with van der Waals surface area (Å²) < 4.78 is 0. The predicted octanol–water partition coefficient (Wildman–Crippen LogP) is 2.29. The maximum absolute atomic E-state index is 9.01. The van der Waals surface area contributed by atoms with Gasteiger partial charge in [0.1, 0.15) is 29.3 Å². The number of nitriles is 1. The van der Waals surface area contributed by atoms with E-state index in [1.807, 2.05) is 30.3 Å². The van der Waals surface area contributed by atoms with E-state index in [-0.39, 0.29) is 0 Å². The van der Waals surface area contributed by atoms with Crippen LogP contribution < -0.4 is 10.2 Å². The molecule has 98 valence electrons. The summed E-state index contributed by atoms with van der Waals surface area (Å²) in [7, 11) is 1.91. The van der Waals surface area contributed by atoms with E-state index in [4.69, 9.17) is 5.26 Å². The van der Waals surface area contributed by atoms with E-state index in [2.05, 4.69) is 26.3 Å². The summed E-state index contributed by atoms with van der Waals surface area (Å²) in [6.45, 7) is 3.59. The molecule has 0 aliphatic carbocycles. The van der Waals surface area contributed by atoms with E-state index in [0.717, 1.165) is 11.6 Å². The number of hydrogen-bond acceptors (Lipinski definition) is 5. The highest BCUT2D eigenvalue weighted by Crippen LogP contribution is 2.22. The molecule has 0 aliphatic rings. The van der Waals surface area contributed by atoms with E-state index >= 15 is 0 Å². The molecule has 2 rings (SSSR count). The molecule has 0 atom stereocenters. The van der Waals surface area contributed by atoms with Crippen LogP contribution in [0.1, 0.15) is 13.8 Å². The molecule has 0 unspecified atom stereocenters. The van der Waals surface area contributed by atoms with Crippen LogP contribution >= 0.6 is 0 Å². The Morgan fingerprint density at radius 3 is 2.84 bits per heavy atom. The SMILES string of the molecule is CN(c1cc(NC(C)(C)C#N)ncn1)c1ccc[nH]1. The highest BCUT2D eigenvalue weighted by Gasteiger charge is 2.17. The summed E-state index contributed by atoms with van der Waals surface area (Å²) in [4.78, 5) is 13.4. The van der Waals surface area contributed by atoms with Crippen molar-refractivity contribution in [3.63, 3.8) is 0 Å². The number of hydrogen-bond donors (Lipinski definition) is 2. The highest BCUT2D eigenvalue weighted by molar-refractivity contribution is 5.58. The minimum absolute atomic E-state index is 0.620. The Kier molecular flexibility index (Phi) is 3.38. The highest BCUT2D eigenvalue weighted by atomic mass is 15.2. The van der Waals surface area contributed by atoms with Crippen molar-refractivity contribution >= 4 is 17.5 Å². The van der Waals surface area contributed by atoms with Crippen LogP contribution in [-0.4, -0.2) is 27.5 Å². The van der Waals surface area contributed by atoms with E-state index in [0.29, 0.717) is 5.82 Å². The van der Waals surface area contributed by atoms with Crippen molar-refractivity contribution in [2.24, 2.45) is 0 Å². The molecule has 0 bridgehead atoms. The average molecular weight is 256 g/mol. The summed E-state index contributed by atoms with van der Waals surface area (Å²) in [5.74, 6) is 2.30. The second-order valence-electron chi connectivity index (χ2n) is 4.74. The van der Waals surface area contributed by atoms with Gasteiger partial charge in [-0.15, -0.1) is 0 Å². The largest absolute Gasteiger partial charge is 0.352 e. The van der Waals surface area contributed by atoms with Crippen LogP contribution in [0.5, 0.6) is 0 Å². The number of rotatable bonds is 4. The lowest BCUT2D eigenvalue weighted by Gasteiger charge is -2.20. The monoisotopic (exact) mass is 256 g/mol. The maximum Gasteiger partial charge on any atom is 0.139 e. The van der Waals surface area contributed by atoms with Gasteiger partial charge in [0, 0.05) is 19.3 Å². The average Bonchev–Trinajstić information content (AvgIpc) is 2.91. The molecular weight excluding hydrogens is 240 g/mol. The third kappa shape index (κ3) is 3.01. The van der Waals surface area contributed by atoms with Crippen molar-refractivity contribution in [2.75, 3.05) is 17.3 Å². The van der Waals surface area contributed by atoms with Crippen LogP contribution in [0.4, 0.5) is 17.5 Å². The number of H-pyrrole nitrogens is 1. The molecule has 2 heterocycles. The first-order chi connectivity index (χ1) is 9.02. The van der Waals surface area contributed by atoms with Gasteiger partial charge in [0.2, 0.25) is 0 Å².